The highest BCUT2D eigenvalue weighted by atomic mass is 79.9. The van der Waals surface area contributed by atoms with E-state index < -0.39 is 10.0 Å². The molecule has 0 heterocycles. The monoisotopic (exact) mass is 368 g/mol. The quantitative estimate of drug-likeness (QED) is 0.823. The lowest BCUT2D eigenvalue weighted by Gasteiger charge is -2.21. The van der Waals surface area contributed by atoms with Crippen LogP contribution in [0.3, 0.4) is 0 Å². The minimum atomic E-state index is -3.60. The zero-order valence-corrected chi connectivity index (χ0v) is 14.1. The van der Waals surface area contributed by atoms with Gasteiger partial charge in [-0.05, 0) is 39.7 Å². The van der Waals surface area contributed by atoms with Gasteiger partial charge in [-0.15, -0.1) is 0 Å². The second-order valence-electron chi connectivity index (χ2n) is 4.61. The molecule has 2 N–H and O–H groups in total. The molecular formula is C15H17BrN2O2S. The standard InChI is InChI=1S/C15H17BrN2O2S/c1-2-18(11-12-6-4-3-5-7-12)21(19,20)15-10-13(17)8-9-14(15)16/h3-10H,2,11,17H2,1H3. The molecule has 6 heteroatoms. The molecule has 0 saturated carbocycles. The van der Waals surface area contributed by atoms with Gasteiger partial charge in [-0.2, -0.15) is 4.31 Å². The average molecular weight is 369 g/mol. The second kappa shape index (κ2) is 6.60. The lowest BCUT2D eigenvalue weighted by Crippen LogP contribution is -2.30. The topological polar surface area (TPSA) is 63.4 Å². The molecule has 0 radical (unpaired) electrons. The third-order valence-electron chi connectivity index (χ3n) is 3.13. The highest BCUT2D eigenvalue weighted by Crippen LogP contribution is 2.27. The molecule has 112 valence electrons. The number of nitrogens with two attached hydrogens (primary N) is 1. The Morgan fingerprint density at radius 3 is 2.43 bits per heavy atom. The Balaban J connectivity index is 2.38. The Morgan fingerprint density at radius 1 is 1.14 bits per heavy atom. The summed E-state index contributed by atoms with van der Waals surface area (Å²) in [4.78, 5) is 0.195. The number of sulfonamides is 1. The van der Waals surface area contributed by atoms with Gasteiger partial charge < -0.3 is 5.73 Å². The summed E-state index contributed by atoms with van der Waals surface area (Å²) >= 11 is 3.29. The summed E-state index contributed by atoms with van der Waals surface area (Å²) < 4.78 is 27.5. The first-order valence-corrected chi connectivity index (χ1v) is 8.77. The highest BCUT2D eigenvalue weighted by molar-refractivity contribution is 9.10. The summed E-state index contributed by atoms with van der Waals surface area (Å²) in [5.74, 6) is 0. The van der Waals surface area contributed by atoms with E-state index >= 15 is 0 Å². The average Bonchev–Trinajstić information content (AvgIpc) is 2.48. The summed E-state index contributed by atoms with van der Waals surface area (Å²) in [6.07, 6.45) is 0. The van der Waals surface area contributed by atoms with E-state index in [4.69, 9.17) is 5.73 Å². The number of nitrogens with zero attached hydrogens (tertiary/aromatic N) is 1. The van der Waals surface area contributed by atoms with Crippen molar-refractivity contribution in [2.24, 2.45) is 0 Å². The van der Waals surface area contributed by atoms with Crippen LogP contribution in [-0.4, -0.2) is 19.3 Å². The maximum atomic E-state index is 12.8. The number of nitrogen functional groups attached to an aromatic ring is 1. The summed E-state index contributed by atoms with van der Waals surface area (Å²) in [7, 11) is -3.60. The van der Waals surface area contributed by atoms with Crippen molar-refractivity contribution in [3.05, 3.63) is 58.6 Å². The van der Waals surface area contributed by atoms with Crippen LogP contribution in [0.1, 0.15) is 12.5 Å². The van der Waals surface area contributed by atoms with Crippen LogP contribution in [-0.2, 0) is 16.6 Å². The van der Waals surface area contributed by atoms with E-state index in [9.17, 15) is 8.42 Å². The maximum absolute atomic E-state index is 12.8. The second-order valence-corrected chi connectivity index (χ2v) is 7.37. The first-order valence-electron chi connectivity index (χ1n) is 6.54. The van der Waals surface area contributed by atoms with Crippen molar-refractivity contribution in [1.82, 2.24) is 4.31 Å². The molecular weight excluding hydrogens is 352 g/mol. The SMILES string of the molecule is CCN(Cc1ccccc1)S(=O)(=O)c1cc(N)ccc1Br. The molecule has 4 nitrogen and oxygen atoms in total. The highest BCUT2D eigenvalue weighted by Gasteiger charge is 2.25. The predicted octanol–water partition coefficient (Wildman–Crippen LogP) is 3.24. The van der Waals surface area contributed by atoms with Crippen LogP contribution >= 0.6 is 15.9 Å². The molecule has 2 aromatic carbocycles. The van der Waals surface area contributed by atoms with Gasteiger partial charge in [-0.1, -0.05) is 37.3 Å². The third kappa shape index (κ3) is 3.64. The van der Waals surface area contributed by atoms with Crippen LogP contribution in [0.2, 0.25) is 0 Å². The predicted molar refractivity (Wildman–Crippen MR) is 88.3 cm³/mol. The number of hydrogen-bond acceptors (Lipinski definition) is 3. The van der Waals surface area contributed by atoms with E-state index in [1.54, 1.807) is 12.1 Å². The van der Waals surface area contributed by atoms with Gasteiger partial charge in [0.15, 0.2) is 0 Å². The molecule has 2 aromatic rings. The minimum absolute atomic E-state index is 0.195. The number of hydrogen-bond donors (Lipinski definition) is 1. The van der Waals surface area contributed by atoms with Gasteiger partial charge in [-0.25, -0.2) is 8.42 Å². The summed E-state index contributed by atoms with van der Waals surface area (Å²) in [6, 6.07) is 14.3. The van der Waals surface area contributed by atoms with Gasteiger partial charge >= 0.3 is 0 Å². The van der Waals surface area contributed by atoms with E-state index in [-0.39, 0.29) is 4.90 Å². The largest absolute Gasteiger partial charge is 0.399 e. The Hall–Kier alpha value is -1.37. The molecule has 21 heavy (non-hydrogen) atoms. The lowest BCUT2D eigenvalue weighted by atomic mass is 10.2. The van der Waals surface area contributed by atoms with Crippen molar-refractivity contribution in [1.29, 1.82) is 0 Å². The molecule has 0 fully saturated rings. The zero-order valence-electron chi connectivity index (χ0n) is 11.7. The van der Waals surface area contributed by atoms with Crippen LogP contribution in [0.25, 0.3) is 0 Å². The van der Waals surface area contributed by atoms with E-state index in [1.165, 1.54) is 10.4 Å². The Morgan fingerprint density at radius 2 is 1.81 bits per heavy atom. The van der Waals surface area contributed by atoms with E-state index in [0.717, 1.165) is 5.56 Å². The maximum Gasteiger partial charge on any atom is 0.244 e. The van der Waals surface area contributed by atoms with Gasteiger partial charge in [-0.3, -0.25) is 0 Å². The molecule has 0 aromatic heterocycles. The Kier molecular flexibility index (Phi) is 5.03. The molecule has 0 spiro atoms. The normalized spacial score (nSPS) is 11.8. The number of benzene rings is 2. The van der Waals surface area contributed by atoms with Gasteiger partial charge in [0.2, 0.25) is 10.0 Å². The van der Waals surface area contributed by atoms with Gasteiger partial charge in [0.25, 0.3) is 0 Å². The minimum Gasteiger partial charge on any atom is -0.399 e. The smallest absolute Gasteiger partial charge is 0.244 e. The fourth-order valence-corrected chi connectivity index (χ4v) is 4.41. The van der Waals surface area contributed by atoms with Crippen LogP contribution in [0.4, 0.5) is 5.69 Å². The molecule has 2 rings (SSSR count). The molecule has 0 unspecified atom stereocenters. The van der Waals surface area contributed by atoms with Gasteiger partial charge in [0, 0.05) is 23.2 Å². The van der Waals surface area contributed by atoms with E-state index in [0.29, 0.717) is 23.2 Å². The molecule has 0 amide bonds. The van der Waals surface area contributed by atoms with Crippen molar-refractivity contribution in [3.63, 3.8) is 0 Å². The number of anilines is 1. The number of rotatable bonds is 5. The first kappa shape index (κ1) is 16.0. The van der Waals surface area contributed by atoms with Crippen molar-refractivity contribution >= 4 is 31.6 Å². The summed E-state index contributed by atoms with van der Waals surface area (Å²) in [5.41, 5.74) is 7.09. The van der Waals surface area contributed by atoms with Crippen LogP contribution in [0.5, 0.6) is 0 Å². The number of halogens is 1. The Labute approximate surface area is 133 Å². The fourth-order valence-electron chi connectivity index (χ4n) is 2.01. The van der Waals surface area contributed by atoms with Crippen LogP contribution in [0, 0.1) is 0 Å². The summed E-state index contributed by atoms with van der Waals surface area (Å²) in [6.45, 7) is 2.54. The van der Waals surface area contributed by atoms with Crippen molar-refractivity contribution in [2.75, 3.05) is 12.3 Å². The molecule has 0 aliphatic carbocycles. The third-order valence-corrected chi connectivity index (χ3v) is 6.04. The Bertz CT molecular complexity index is 718. The van der Waals surface area contributed by atoms with Gasteiger partial charge in [0.05, 0.1) is 4.90 Å². The lowest BCUT2D eigenvalue weighted by molar-refractivity contribution is 0.423. The van der Waals surface area contributed by atoms with Crippen LogP contribution < -0.4 is 5.73 Å². The van der Waals surface area contributed by atoms with E-state index in [2.05, 4.69) is 15.9 Å². The molecule has 0 atom stereocenters. The van der Waals surface area contributed by atoms with Crippen LogP contribution in [0.15, 0.2) is 57.9 Å². The molecule has 0 saturated heterocycles. The summed E-state index contributed by atoms with van der Waals surface area (Å²) in [5, 5.41) is 0. The first-order chi connectivity index (χ1) is 9.95. The fraction of sp³-hybridized carbons (Fsp3) is 0.200. The molecule has 0 aliphatic rings. The van der Waals surface area contributed by atoms with Crippen molar-refractivity contribution < 1.29 is 8.42 Å². The molecule has 0 bridgehead atoms. The molecule has 0 aliphatic heterocycles. The van der Waals surface area contributed by atoms with Gasteiger partial charge in [0.1, 0.15) is 0 Å². The zero-order chi connectivity index (χ0) is 15.5. The van der Waals surface area contributed by atoms with E-state index in [1.807, 2.05) is 37.3 Å². The van der Waals surface area contributed by atoms with Crippen molar-refractivity contribution in [3.8, 4) is 0 Å². The van der Waals surface area contributed by atoms with Crippen molar-refractivity contribution in [2.45, 2.75) is 18.4 Å².